The first-order valence-corrected chi connectivity index (χ1v) is 5.96. The van der Waals surface area contributed by atoms with E-state index in [-0.39, 0.29) is 12.4 Å². The van der Waals surface area contributed by atoms with Gasteiger partial charge >= 0.3 is 0 Å². The van der Waals surface area contributed by atoms with Crippen LogP contribution in [-0.2, 0) is 0 Å². The predicted molar refractivity (Wildman–Crippen MR) is 63.0 cm³/mol. The average molecular weight is 239 g/mol. The van der Waals surface area contributed by atoms with Crippen LogP contribution in [0.1, 0.15) is 18.1 Å². The Morgan fingerprint density at radius 2 is 2.18 bits per heavy atom. The van der Waals surface area contributed by atoms with E-state index >= 15 is 0 Å². The topological polar surface area (TPSA) is 43.7 Å². The van der Waals surface area contributed by atoms with Crippen molar-refractivity contribution in [2.24, 2.45) is 5.92 Å². The summed E-state index contributed by atoms with van der Waals surface area (Å²) >= 11 is 0. The molecule has 0 bridgehead atoms. The molecule has 0 aromatic heterocycles. The van der Waals surface area contributed by atoms with Crippen molar-refractivity contribution < 1.29 is 14.6 Å². The first-order valence-electron chi connectivity index (χ1n) is 5.96. The van der Waals surface area contributed by atoms with Crippen LogP contribution in [0.3, 0.4) is 0 Å². The molecule has 0 spiro atoms. The Bertz CT molecular complexity index is 372. The van der Waals surface area contributed by atoms with E-state index in [2.05, 4.69) is 4.90 Å². The highest BCUT2D eigenvalue weighted by Gasteiger charge is 2.24. The Balaban J connectivity index is 1.94. The van der Waals surface area contributed by atoms with Gasteiger partial charge in [-0.25, -0.2) is 4.39 Å². The third-order valence-electron chi connectivity index (χ3n) is 3.32. The molecule has 2 unspecified atom stereocenters. The molecule has 0 saturated carbocycles. The fourth-order valence-electron chi connectivity index (χ4n) is 2.32. The van der Waals surface area contributed by atoms with E-state index in [4.69, 9.17) is 5.11 Å². The number of β-amino-alcohol motifs (C(OH)–C–C–N with tert-alkyl or cyclic N) is 1. The molecule has 2 atom stereocenters. The van der Waals surface area contributed by atoms with Crippen molar-refractivity contribution in [2.45, 2.75) is 12.5 Å². The lowest BCUT2D eigenvalue weighted by Gasteiger charge is -2.20. The fourth-order valence-corrected chi connectivity index (χ4v) is 2.32. The van der Waals surface area contributed by atoms with Crippen molar-refractivity contribution in [3.8, 4) is 0 Å². The van der Waals surface area contributed by atoms with Gasteiger partial charge in [-0.15, -0.1) is 0 Å². The Hall–Kier alpha value is -0.970. The molecule has 1 heterocycles. The maximum atomic E-state index is 13.4. The maximum absolute atomic E-state index is 13.4. The van der Waals surface area contributed by atoms with E-state index in [1.165, 1.54) is 6.07 Å². The quantitative estimate of drug-likeness (QED) is 0.829. The molecule has 1 aromatic carbocycles. The standard InChI is InChI=1S/C13H18FNO2/c14-12-4-2-1-3-11(12)13(17)8-15-6-5-10(7-15)9-16/h1-4,10,13,16-17H,5-9H2. The maximum Gasteiger partial charge on any atom is 0.129 e. The highest BCUT2D eigenvalue weighted by atomic mass is 19.1. The Kier molecular flexibility index (Phi) is 4.10. The first-order chi connectivity index (χ1) is 8.20. The van der Waals surface area contributed by atoms with E-state index in [1.54, 1.807) is 18.2 Å². The second-order valence-corrected chi connectivity index (χ2v) is 4.63. The molecule has 1 aromatic rings. The van der Waals surface area contributed by atoms with Crippen molar-refractivity contribution >= 4 is 0 Å². The van der Waals surface area contributed by atoms with Crippen molar-refractivity contribution in [1.29, 1.82) is 0 Å². The van der Waals surface area contributed by atoms with Crippen LogP contribution in [0.2, 0.25) is 0 Å². The summed E-state index contributed by atoms with van der Waals surface area (Å²) in [7, 11) is 0. The summed E-state index contributed by atoms with van der Waals surface area (Å²) in [6.45, 7) is 2.25. The monoisotopic (exact) mass is 239 g/mol. The fraction of sp³-hybridized carbons (Fsp3) is 0.538. The summed E-state index contributed by atoms with van der Waals surface area (Å²) in [5.41, 5.74) is 0.347. The van der Waals surface area contributed by atoms with Gasteiger partial charge in [0.2, 0.25) is 0 Å². The first kappa shape index (κ1) is 12.5. The van der Waals surface area contributed by atoms with Gasteiger partial charge in [-0.3, -0.25) is 0 Å². The minimum Gasteiger partial charge on any atom is -0.396 e. The number of rotatable bonds is 4. The number of aliphatic hydroxyl groups is 2. The largest absolute Gasteiger partial charge is 0.396 e. The average Bonchev–Trinajstić information content (AvgIpc) is 2.77. The van der Waals surface area contributed by atoms with Crippen LogP contribution in [0.25, 0.3) is 0 Å². The van der Waals surface area contributed by atoms with Crippen LogP contribution < -0.4 is 0 Å². The lowest BCUT2D eigenvalue weighted by molar-refractivity contribution is 0.118. The number of benzene rings is 1. The number of halogens is 1. The molecule has 1 fully saturated rings. The summed E-state index contributed by atoms with van der Waals surface area (Å²) < 4.78 is 13.4. The highest BCUT2D eigenvalue weighted by molar-refractivity contribution is 5.20. The number of hydrogen-bond donors (Lipinski definition) is 2. The molecule has 17 heavy (non-hydrogen) atoms. The zero-order chi connectivity index (χ0) is 12.3. The minimum absolute atomic E-state index is 0.187. The Morgan fingerprint density at radius 1 is 1.41 bits per heavy atom. The van der Waals surface area contributed by atoms with Crippen molar-refractivity contribution in [3.63, 3.8) is 0 Å². The van der Waals surface area contributed by atoms with Gasteiger partial charge in [-0.05, 0) is 24.9 Å². The van der Waals surface area contributed by atoms with Gasteiger partial charge in [-0.2, -0.15) is 0 Å². The van der Waals surface area contributed by atoms with E-state index < -0.39 is 6.10 Å². The van der Waals surface area contributed by atoms with E-state index in [1.807, 2.05) is 0 Å². The second kappa shape index (κ2) is 5.58. The zero-order valence-corrected chi connectivity index (χ0v) is 9.72. The summed E-state index contributed by atoms with van der Waals surface area (Å²) in [6, 6.07) is 6.31. The van der Waals surface area contributed by atoms with Crippen LogP contribution in [-0.4, -0.2) is 41.4 Å². The minimum atomic E-state index is -0.798. The lowest BCUT2D eigenvalue weighted by atomic mass is 10.1. The Morgan fingerprint density at radius 3 is 2.82 bits per heavy atom. The summed E-state index contributed by atoms with van der Waals surface area (Å²) in [5, 5.41) is 19.0. The predicted octanol–water partition coefficient (Wildman–Crippen LogP) is 1.17. The smallest absolute Gasteiger partial charge is 0.129 e. The molecule has 0 radical (unpaired) electrons. The molecule has 94 valence electrons. The van der Waals surface area contributed by atoms with Gasteiger partial charge in [0, 0.05) is 25.3 Å². The van der Waals surface area contributed by atoms with Gasteiger partial charge in [0.25, 0.3) is 0 Å². The summed E-state index contributed by atoms with van der Waals surface area (Å²) in [6.07, 6.45) is 0.147. The van der Waals surface area contributed by atoms with Gasteiger partial charge in [0.05, 0.1) is 6.10 Å². The molecule has 2 rings (SSSR count). The highest BCUT2D eigenvalue weighted by Crippen LogP contribution is 2.21. The number of nitrogens with zero attached hydrogens (tertiary/aromatic N) is 1. The molecular weight excluding hydrogens is 221 g/mol. The van der Waals surface area contributed by atoms with Gasteiger partial charge < -0.3 is 15.1 Å². The lowest BCUT2D eigenvalue weighted by Crippen LogP contribution is -2.27. The second-order valence-electron chi connectivity index (χ2n) is 4.63. The molecular formula is C13H18FNO2. The molecule has 4 heteroatoms. The van der Waals surface area contributed by atoms with Crippen molar-refractivity contribution in [2.75, 3.05) is 26.2 Å². The SMILES string of the molecule is OCC1CCN(CC(O)c2ccccc2F)C1. The number of aliphatic hydroxyl groups excluding tert-OH is 2. The van der Waals surface area contributed by atoms with E-state index in [0.29, 0.717) is 18.0 Å². The van der Waals surface area contributed by atoms with E-state index in [0.717, 1.165) is 19.5 Å². The van der Waals surface area contributed by atoms with Gasteiger partial charge in [0.1, 0.15) is 5.82 Å². The molecule has 0 amide bonds. The van der Waals surface area contributed by atoms with Crippen LogP contribution in [0, 0.1) is 11.7 Å². The third-order valence-corrected chi connectivity index (χ3v) is 3.32. The molecule has 2 N–H and O–H groups in total. The van der Waals surface area contributed by atoms with Crippen LogP contribution in [0.5, 0.6) is 0 Å². The molecule has 1 saturated heterocycles. The molecule has 1 aliphatic rings. The summed E-state index contributed by atoms with van der Waals surface area (Å²) in [4.78, 5) is 2.07. The van der Waals surface area contributed by atoms with Crippen molar-refractivity contribution in [1.82, 2.24) is 4.90 Å². The molecule has 0 aliphatic carbocycles. The number of hydrogen-bond acceptors (Lipinski definition) is 3. The van der Waals surface area contributed by atoms with Crippen molar-refractivity contribution in [3.05, 3.63) is 35.6 Å². The van der Waals surface area contributed by atoms with Crippen LogP contribution in [0.15, 0.2) is 24.3 Å². The van der Waals surface area contributed by atoms with E-state index in [9.17, 15) is 9.50 Å². The van der Waals surface area contributed by atoms with Crippen LogP contribution >= 0.6 is 0 Å². The normalized spacial score (nSPS) is 22.9. The summed E-state index contributed by atoms with van der Waals surface area (Å²) in [5.74, 6) is -0.0688. The zero-order valence-electron chi connectivity index (χ0n) is 9.72. The van der Waals surface area contributed by atoms with Gasteiger partial charge in [-0.1, -0.05) is 18.2 Å². The third kappa shape index (κ3) is 3.03. The molecule has 1 aliphatic heterocycles. The Labute approximate surface area is 100 Å². The van der Waals surface area contributed by atoms with Gasteiger partial charge in [0.15, 0.2) is 0 Å². The molecule has 3 nitrogen and oxygen atoms in total. The van der Waals surface area contributed by atoms with Crippen LogP contribution in [0.4, 0.5) is 4.39 Å². The number of likely N-dealkylation sites (tertiary alicyclic amines) is 1.